The highest BCUT2D eigenvalue weighted by molar-refractivity contribution is 5.93. The Balaban J connectivity index is 1.65. The Hall–Kier alpha value is -4.86. The first-order chi connectivity index (χ1) is 17.4. The van der Waals surface area contributed by atoms with Crippen molar-refractivity contribution >= 4 is 22.7 Å². The number of nitrogens with one attached hydrogen (secondary N) is 1. The second-order valence-electron chi connectivity index (χ2n) is 8.67. The van der Waals surface area contributed by atoms with E-state index >= 15 is 0 Å². The molecule has 3 N–H and O–H groups in total. The van der Waals surface area contributed by atoms with Crippen LogP contribution in [0.1, 0.15) is 16.8 Å². The summed E-state index contributed by atoms with van der Waals surface area (Å²) in [4.78, 5) is 25.4. The Morgan fingerprint density at radius 3 is 2.64 bits per heavy atom. The third-order valence-corrected chi connectivity index (χ3v) is 6.13. The zero-order chi connectivity index (χ0) is 25.0. The van der Waals surface area contributed by atoms with E-state index in [2.05, 4.69) is 20.1 Å². The van der Waals surface area contributed by atoms with E-state index in [1.165, 1.54) is 27.6 Å². The molecule has 0 aliphatic rings. The molecule has 178 valence electrons. The summed E-state index contributed by atoms with van der Waals surface area (Å²) in [6, 6.07) is 13.5. The summed E-state index contributed by atoms with van der Waals surface area (Å²) < 4.78 is 21.9. The molecule has 0 spiro atoms. The van der Waals surface area contributed by atoms with Gasteiger partial charge in [0.1, 0.15) is 5.82 Å². The Kier molecular flexibility index (Phi) is 4.89. The van der Waals surface area contributed by atoms with Crippen LogP contribution in [0.2, 0.25) is 0 Å². The van der Waals surface area contributed by atoms with Crippen molar-refractivity contribution in [1.82, 2.24) is 24.1 Å². The third-order valence-electron chi connectivity index (χ3n) is 6.13. The first-order valence-electron chi connectivity index (χ1n) is 11.3. The lowest BCUT2D eigenvalue weighted by Gasteiger charge is -2.12. The third kappa shape index (κ3) is 3.50. The molecule has 4 aromatic heterocycles. The molecule has 4 heterocycles. The number of aryl methyl sites for hydroxylation is 2. The smallest absolute Gasteiger partial charge is 0.353 e. The number of H-pyrrole nitrogens is 1. The fourth-order valence-corrected chi connectivity index (χ4v) is 4.36. The zero-order valence-electron chi connectivity index (χ0n) is 19.5. The lowest BCUT2D eigenvalue weighted by molar-refractivity contribution is -0.354. The van der Waals surface area contributed by atoms with Gasteiger partial charge in [-0.2, -0.15) is 4.98 Å². The van der Waals surface area contributed by atoms with Gasteiger partial charge in [-0.25, -0.2) is 23.3 Å². The van der Waals surface area contributed by atoms with Crippen molar-refractivity contribution in [2.45, 2.75) is 20.4 Å². The molecule has 36 heavy (non-hydrogen) atoms. The highest BCUT2D eigenvalue weighted by Crippen LogP contribution is 2.36. The standard InChI is InChI=1S/C26H20FN7O2/c1-14-3-8-19(29-11-14)12-33-26(35)34-24(32-33)21(17-9-15(2)22-20(10-17)36-13-30-22)23(31-25(34)28)16-4-6-18(27)7-5-16/h3-11,13H,12H2,1-2H3,(H2,28,31)/p+1. The second-order valence-corrected chi connectivity index (χ2v) is 8.67. The lowest BCUT2D eigenvalue weighted by atomic mass is 9.98. The van der Waals surface area contributed by atoms with Crippen LogP contribution in [0.3, 0.4) is 0 Å². The molecular weight excluding hydrogens is 461 g/mol. The molecule has 2 aromatic carbocycles. The van der Waals surface area contributed by atoms with Crippen LogP contribution >= 0.6 is 0 Å². The molecule has 0 radical (unpaired) electrons. The van der Waals surface area contributed by atoms with Crippen LogP contribution in [0.5, 0.6) is 0 Å². The highest BCUT2D eigenvalue weighted by Gasteiger charge is 2.23. The SMILES string of the molecule is Cc1ccc(Cn2nc3c(-c4cc(C)c5[nH+]coc5c4)c(-c4ccc(F)cc4)nc(N)n3c2=O)nc1. The first-order valence-corrected chi connectivity index (χ1v) is 11.3. The summed E-state index contributed by atoms with van der Waals surface area (Å²) in [5, 5.41) is 4.66. The van der Waals surface area contributed by atoms with E-state index in [9.17, 15) is 9.18 Å². The molecule has 10 heteroatoms. The summed E-state index contributed by atoms with van der Waals surface area (Å²) in [5.41, 5.74) is 12.7. The Bertz CT molecular complexity index is 1820. The summed E-state index contributed by atoms with van der Waals surface area (Å²) in [6.45, 7) is 4.06. The minimum Gasteiger partial charge on any atom is -0.404 e. The van der Waals surface area contributed by atoms with Crippen LogP contribution < -0.4 is 16.4 Å². The number of pyridine rings is 1. The first kappa shape index (κ1) is 21.7. The maximum absolute atomic E-state index is 13.7. The van der Waals surface area contributed by atoms with Gasteiger partial charge in [-0.05, 0) is 67.4 Å². The van der Waals surface area contributed by atoms with Crippen molar-refractivity contribution in [2.75, 3.05) is 5.73 Å². The van der Waals surface area contributed by atoms with Gasteiger partial charge in [0.05, 0.1) is 23.5 Å². The minimum absolute atomic E-state index is 0.0228. The maximum atomic E-state index is 13.7. The van der Waals surface area contributed by atoms with E-state index in [0.717, 1.165) is 22.2 Å². The predicted molar refractivity (Wildman–Crippen MR) is 132 cm³/mol. The number of oxazole rings is 1. The average Bonchev–Trinajstić information content (AvgIpc) is 3.46. The molecule has 0 bridgehead atoms. The van der Waals surface area contributed by atoms with E-state index in [1.54, 1.807) is 18.3 Å². The largest absolute Gasteiger partial charge is 0.404 e. The zero-order valence-corrected chi connectivity index (χ0v) is 19.5. The molecule has 0 saturated heterocycles. The van der Waals surface area contributed by atoms with Gasteiger partial charge in [0, 0.05) is 17.3 Å². The van der Waals surface area contributed by atoms with Gasteiger partial charge in [0.25, 0.3) is 5.52 Å². The molecule has 0 fully saturated rings. The maximum Gasteiger partial charge on any atom is 0.353 e. The number of anilines is 1. The molecule has 0 aliphatic heterocycles. The van der Waals surface area contributed by atoms with Gasteiger partial charge in [-0.1, -0.05) is 6.07 Å². The Labute approximate surface area is 203 Å². The molecule has 0 amide bonds. The van der Waals surface area contributed by atoms with E-state index in [4.69, 9.17) is 10.2 Å². The number of rotatable bonds is 4. The van der Waals surface area contributed by atoms with Gasteiger partial charge >= 0.3 is 12.1 Å². The van der Waals surface area contributed by atoms with E-state index < -0.39 is 5.69 Å². The van der Waals surface area contributed by atoms with E-state index in [-0.39, 0.29) is 18.3 Å². The van der Waals surface area contributed by atoms with Crippen molar-refractivity contribution < 1.29 is 13.8 Å². The number of nitrogens with zero attached hydrogens (tertiary/aromatic N) is 5. The number of hydrogen-bond acceptors (Lipinski definition) is 6. The van der Waals surface area contributed by atoms with E-state index in [0.29, 0.717) is 33.7 Å². The highest BCUT2D eigenvalue weighted by atomic mass is 19.1. The molecule has 9 nitrogen and oxygen atoms in total. The van der Waals surface area contributed by atoms with Gasteiger partial charge < -0.3 is 10.2 Å². The number of aromatic nitrogens is 6. The number of halogens is 1. The fraction of sp³-hybridized carbons (Fsp3) is 0.115. The molecular formula is C26H21FN7O2+. The van der Waals surface area contributed by atoms with Gasteiger partial charge in [0.15, 0.2) is 5.65 Å². The van der Waals surface area contributed by atoms with Gasteiger partial charge in [-0.3, -0.25) is 4.98 Å². The van der Waals surface area contributed by atoms with Gasteiger partial charge in [0.2, 0.25) is 11.5 Å². The Morgan fingerprint density at radius 2 is 1.89 bits per heavy atom. The minimum atomic E-state index is -0.437. The second kappa shape index (κ2) is 8.12. The number of hydrogen-bond donors (Lipinski definition) is 1. The summed E-state index contributed by atoms with van der Waals surface area (Å²) >= 11 is 0. The number of nitrogen functional groups attached to an aromatic ring is 1. The average molecular weight is 482 g/mol. The fourth-order valence-electron chi connectivity index (χ4n) is 4.36. The predicted octanol–water partition coefficient (Wildman–Crippen LogP) is 3.57. The van der Waals surface area contributed by atoms with Crippen molar-refractivity contribution in [3.63, 3.8) is 0 Å². The molecule has 0 aliphatic carbocycles. The monoisotopic (exact) mass is 482 g/mol. The number of nitrogens with two attached hydrogens (primary N) is 1. The summed E-state index contributed by atoms with van der Waals surface area (Å²) in [7, 11) is 0. The summed E-state index contributed by atoms with van der Waals surface area (Å²) in [5.74, 6) is -0.394. The van der Waals surface area contributed by atoms with Crippen LogP contribution in [0, 0.1) is 19.7 Å². The molecule has 0 atom stereocenters. The number of fused-ring (bicyclic) bond motifs is 2. The topological polar surface area (TPSA) is 118 Å². The van der Waals surface area contributed by atoms with Crippen molar-refractivity contribution in [3.05, 3.63) is 94.2 Å². The van der Waals surface area contributed by atoms with Crippen molar-refractivity contribution in [1.29, 1.82) is 0 Å². The molecule has 0 saturated carbocycles. The summed E-state index contributed by atoms with van der Waals surface area (Å²) in [6.07, 6.45) is 3.25. The lowest BCUT2D eigenvalue weighted by Crippen LogP contribution is -2.24. The normalized spacial score (nSPS) is 11.5. The van der Waals surface area contributed by atoms with E-state index in [1.807, 2.05) is 38.1 Å². The van der Waals surface area contributed by atoms with Crippen LogP contribution in [-0.4, -0.2) is 24.1 Å². The molecule has 6 rings (SSSR count). The van der Waals surface area contributed by atoms with Crippen LogP contribution in [0.25, 0.3) is 39.1 Å². The Morgan fingerprint density at radius 1 is 1.08 bits per heavy atom. The number of aromatic amines is 1. The number of benzene rings is 2. The van der Waals surface area contributed by atoms with Crippen molar-refractivity contribution in [2.24, 2.45) is 0 Å². The van der Waals surface area contributed by atoms with Crippen LogP contribution in [0.4, 0.5) is 10.3 Å². The van der Waals surface area contributed by atoms with Crippen LogP contribution in [-0.2, 0) is 6.54 Å². The van der Waals surface area contributed by atoms with Crippen molar-refractivity contribution in [3.8, 4) is 22.4 Å². The molecule has 0 unspecified atom stereocenters. The quantitative estimate of drug-likeness (QED) is 0.410. The van der Waals surface area contributed by atoms with Gasteiger partial charge in [-0.15, -0.1) is 5.10 Å². The molecule has 6 aromatic rings. The van der Waals surface area contributed by atoms with Crippen LogP contribution in [0.15, 0.2) is 70.3 Å².